The van der Waals surface area contributed by atoms with Gasteiger partial charge >= 0.3 is 6.09 Å². The highest BCUT2D eigenvalue weighted by atomic mass is 16.6. The number of hydrogen-bond acceptors (Lipinski definition) is 3. The van der Waals surface area contributed by atoms with Crippen LogP contribution in [0.1, 0.15) is 25.1 Å². The molecule has 88 valence electrons. The summed E-state index contributed by atoms with van der Waals surface area (Å²) in [6, 6.07) is 1.83. The predicted octanol–water partition coefficient (Wildman–Crippen LogP) is 2.54. The number of hydrogen-bond donors (Lipinski definition) is 0. The van der Waals surface area contributed by atoms with Gasteiger partial charge in [0.15, 0.2) is 5.75 Å². The molecule has 1 rings (SSSR count). The first-order valence-electron chi connectivity index (χ1n) is 5.49. The lowest BCUT2D eigenvalue weighted by Crippen LogP contribution is -2.33. The van der Waals surface area contributed by atoms with Crippen molar-refractivity contribution in [1.29, 1.82) is 0 Å². The Kier molecular flexibility index (Phi) is 4.28. The van der Waals surface area contributed by atoms with E-state index in [1.807, 2.05) is 33.8 Å². The molecule has 0 aliphatic heterocycles. The molecule has 16 heavy (non-hydrogen) atoms. The monoisotopic (exact) mass is 222 g/mol. The summed E-state index contributed by atoms with van der Waals surface area (Å²) in [5.41, 5.74) is 1.66. The first-order valence-corrected chi connectivity index (χ1v) is 5.49. The maximum absolute atomic E-state index is 11.8. The van der Waals surface area contributed by atoms with Crippen LogP contribution in [0, 0.1) is 13.8 Å². The molecule has 1 aromatic rings. The molecule has 0 spiro atoms. The second-order valence-corrected chi connectivity index (χ2v) is 3.58. The number of pyridine rings is 1. The van der Waals surface area contributed by atoms with E-state index >= 15 is 0 Å². The van der Waals surface area contributed by atoms with E-state index in [4.69, 9.17) is 4.74 Å². The quantitative estimate of drug-likeness (QED) is 0.789. The second kappa shape index (κ2) is 5.49. The van der Waals surface area contributed by atoms with Crippen molar-refractivity contribution in [2.75, 3.05) is 13.1 Å². The zero-order chi connectivity index (χ0) is 12.1. The molecule has 0 saturated carbocycles. The largest absolute Gasteiger partial charge is 0.415 e. The summed E-state index contributed by atoms with van der Waals surface area (Å²) in [5.74, 6) is 0.569. The van der Waals surface area contributed by atoms with Crippen LogP contribution in [0.4, 0.5) is 4.79 Å². The van der Waals surface area contributed by atoms with Crippen LogP contribution < -0.4 is 4.74 Å². The molecule has 0 aliphatic rings. The van der Waals surface area contributed by atoms with E-state index < -0.39 is 0 Å². The van der Waals surface area contributed by atoms with Gasteiger partial charge in [0, 0.05) is 19.3 Å². The standard InChI is InChI=1S/C12H18N2O2/c1-5-14(6-2)12(15)16-11-9(3)7-8-13-10(11)4/h7-8H,5-6H2,1-4H3. The summed E-state index contributed by atoms with van der Waals surface area (Å²) in [7, 11) is 0. The maximum Gasteiger partial charge on any atom is 0.415 e. The minimum atomic E-state index is -0.316. The molecule has 0 unspecified atom stereocenters. The Morgan fingerprint density at radius 3 is 2.50 bits per heavy atom. The Morgan fingerprint density at radius 2 is 2.00 bits per heavy atom. The van der Waals surface area contributed by atoms with Gasteiger partial charge in [0.25, 0.3) is 0 Å². The highest BCUT2D eigenvalue weighted by molar-refractivity contribution is 5.71. The summed E-state index contributed by atoms with van der Waals surface area (Å²) in [6.45, 7) is 8.88. The van der Waals surface area contributed by atoms with Crippen molar-refractivity contribution >= 4 is 6.09 Å². The summed E-state index contributed by atoms with van der Waals surface area (Å²) < 4.78 is 5.34. The fourth-order valence-electron chi connectivity index (χ4n) is 1.47. The molecule has 0 aliphatic carbocycles. The van der Waals surface area contributed by atoms with Crippen LogP contribution in [-0.2, 0) is 0 Å². The van der Waals surface area contributed by atoms with Crippen molar-refractivity contribution in [2.45, 2.75) is 27.7 Å². The lowest BCUT2D eigenvalue weighted by molar-refractivity contribution is 0.156. The summed E-state index contributed by atoms with van der Waals surface area (Å²) in [5, 5.41) is 0. The van der Waals surface area contributed by atoms with Crippen LogP contribution in [0.5, 0.6) is 5.75 Å². The fourth-order valence-corrected chi connectivity index (χ4v) is 1.47. The second-order valence-electron chi connectivity index (χ2n) is 3.58. The van der Waals surface area contributed by atoms with Crippen LogP contribution in [0.3, 0.4) is 0 Å². The minimum absolute atomic E-state index is 0.316. The van der Waals surface area contributed by atoms with Gasteiger partial charge in [-0.05, 0) is 39.3 Å². The Bertz CT molecular complexity index is 353. The van der Waals surface area contributed by atoms with Crippen molar-refractivity contribution in [2.24, 2.45) is 0 Å². The molecule has 0 radical (unpaired) electrons. The van der Waals surface area contributed by atoms with Crippen molar-refractivity contribution < 1.29 is 9.53 Å². The number of amides is 1. The predicted molar refractivity (Wildman–Crippen MR) is 62.7 cm³/mol. The third-order valence-electron chi connectivity index (χ3n) is 2.49. The smallest absolute Gasteiger partial charge is 0.408 e. The van der Waals surface area contributed by atoms with E-state index in [0.717, 1.165) is 11.3 Å². The van der Waals surface area contributed by atoms with E-state index in [-0.39, 0.29) is 6.09 Å². The third-order valence-corrected chi connectivity index (χ3v) is 2.49. The van der Waals surface area contributed by atoms with Gasteiger partial charge in [0.05, 0.1) is 5.69 Å². The lowest BCUT2D eigenvalue weighted by Gasteiger charge is -2.19. The molecular weight excluding hydrogens is 204 g/mol. The summed E-state index contributed by atoms with van der Waals surface area (Å²) in [4.78, 5) is 17.5. The van der Waals surface area contributed by atoms with E-state index in [0.29, 0.717) is 18.8 Å². The van der Waals surface area contributed by atoms with Crippen molar-refractivity contribution in [3.63, 3.8) is 0 Å². The zero-order valence-corrected chi connectivity index (χ0v) is 10.3. The van der Waals surface area contributed by atoms with Crippen LogP contribution >= 0.6 is 0 Å². The van der Waals surface area contributed by atoms with Crippen LogP contribution in [0.2, 0.25) is 0 Å². The highest BCUT2D eigenvalue weighted by Gasteiger charge is 2.14. The molecule has 1 aromatic heterocycles. The average molecular weight is 222 g/mol. The maximum atomic E-state index is 11.8. The van der Waals surface area contributed by atoms with Crippen molar-refractivity contribution in [3.05, 3.63) is 23.5 Å². The van der Waals surface area contributed by atoms with E-state index in [1.165, 1.54) is 0 Å². The van der Waals surface area contributed by atoms with E-state index in [2.05, 4.69) is 4.98 Å². The molecule has 0 saturated heterocycles. The molecule has 0 bridgehead atoms. The number of ether oxygens (including phenoxy) is 1. The van der Waals surface area contributed by atoms with Gasteiger partial charge in [-0.15, -0.1) is 0 Å². The molecule has 1 heterocycles. The normalized spacial score (nSPS) is 10.0. The Morgan fingerprint density at radius 1 is 1.38 bits per heavy atom. The van der Waals surface area contributed by atoms with E-state index in [1.54, 1.807) is 11.1 Å². The third kappa shape index (κ3) is 2.72. The Labute approximate surface area is 96.2 Å². The van der Waals surface area contributed by atoms with Gasteiger partial charge in [-0.2, -0.15) is 0 Å². The zero-order valence-electron chi connectivity index (χ0n) is 10.3. The van der Waals surface area contributed by atoms with Gasteiger partial charge < -0.3 is 9.64 Å². The molecule has 0 fully saturated rings. The summed E-state index contributed by atoms with van der Waals surface area (Å²) in [6.07, 6.45) is 1.39. The fraction of sp³-hybridized carbons (Fsp3) is 0.500. The average Bonchev–Trinajstić information content (AvgIpc) is 2.25. The lowest BCUT2D eigenvalue weighted by atomic mass is 10.2. The molecular formula is C12H18N2O2. The van der Waals surface area contributed by atoms with Crippen LogP contribution in [0.15, 0.2) is 12.3 Å². The number of aryl methyl sites for hydroxylation is 2. The van der Waals surface area contributed by atoms with Gasteiger partial charge in [-0.3, -0.25) is 4.98 Å². The van der Waals surface area contributed by atoms with Crippen LogP contribution in [0.25, 0.3) is 0 Å². The van der Waals surface area contributed by atoms with Gasteiger partial charge in [0.1, 0.15) is 0 Å². The topological polar surface area (TPSA) is 42.4 Å². The van der Waals surface area contributed by atoms with E-state index in [9.17, 15) is 4.79 Å². The first kappa shape index (κ1) is 12.5. The van der Waals surface area contributed by atoms with Gasteiger partial charge in [0.2, 0.25) is 0 Å². The minimum Gasteiger partial charge on any atom is -0.408 e. The number of aromatic nitrogens is 1. The first-order chi connectivity index (χ1) is 7.60. The molecule has 0 atom stereocenters. The number of carbonyl (C=O) groups is 1. The molecule has 0 aromatic carbocycles. The Balaban J connectivity index is 2.84. The SMILES string of the molecule is CCN(CC)C(=O)Oc1c(C)ccnc1C. The van der Waals surface area contributed by atoms with Crippen LogP contribution in [-0.4, -0.2) is 29.1 Å². The number of nitrogens with zero attached hydrogens (tertiary/aromatic N) is 2. The number of rotatable bonds is 3. The van der Waals surface area contributed by atoms with Crippen molar-refractivity contribution in [3.8, 4) is 5.75 Å². The molecule has 4 nitrogen and oxygen atoms in total. The number of carbonyl (C=O) groups excluding carboxylic acids is 1. The van der Waals surface area contributed by atoms with Gasteiger partial charge in [-0.25, -0.2) is 4.79 Å². The Hall–Kier alpha value is -1.58. The van der Waals surface area contributed by atoms with Crippen molar-refractivity contribution in [1.82, 2.24) is 9.88 Å². The molecule has 4 heteroatoms. The molecule has 0 N–H and O–H groups in total. The molecule has 1 amide bonds. The van der Waals surface area contributed by atoms with Gasteiger partial charge in [-0.1, -0.05) is 0 Å². The highest BCUT2D eigenvalue weighted by Crippen LogP contribution is 2.20. The summed E-state index contributed by atoms with van der Waals surface area (Å²) >= 11 is 0.